The van der Waals surface area contributed by atoms with Crippen LogP contribution in [-0.2, 0) is 4.79 Å². The van der Waals surface area contributed by atoms with E-state index in [1.165, 1.54) is 11.3 Å². The number of aryl methyl sites for hydroxylation is 1. The van der Waals surface area contributed by atoms with Gasteiger partial charge in [0.05, 0.1) is 0 Å². The van der Waals surface area contributed by atoms with Crippen LogP contribution >= 0.6 is 0 Å². The molecule has 17 heavy (non-hydrogen) atoms. The summed E-state index contributed by atoms with van der Waals surface area (Å²) in [4.78, 5) is 15.1. The first-order valence-electron chi connectivity index (χ1n) is 6.27. The first-order valence-corrected chi connectivity index (χ1v) is 6.27. The van der Waals surface area contributed by atoms with E-state index in [0.717, 1.165) is 32.6 Å². The summed E-state index contributed by atoms with van der Waals surface area (Å²) in [7, 11) is 0. The average molecular weight is 230 g/mol. The molecule has 3 rings (SSSR count). The molecule has 0 radical (unpaired) electrons. The van der Waals surface area contributed by atoms with Crippen LogP contribution in [0.3, 0.4) is 0 Å². The molecule has 0 aromatic heterocycles. The minimum absolute atomic E-state index is 0.668. The number of carbonyl (C=O) groups excluding carboxylic acids is 1. The fourth-order valence-corrected chi connectivity index (χ4v) is 3.08. The molecule has 1 aromatic carbocycles. The zero-order valence-corrected chi connectivity index (χ0v) is 10.2. The molecule has 0 bridgehead atoms. The largest absolute Gasteiger partial charge is 0.371 e. The zero-order valence-electron chi connectivity index (χ0n) is 10.2. The molecular formula is C14H18N2O. The lowest BCUT2D eigenvalue weighted by Gasteiger charge is -2.21. The first-order chi connectivity index (χ1) is 8.26. The number of likely N-dealkylation sites (tertiary alicyclic amines) is 1. The van der Waals surface area contributed by atoms with Gasteiger partial charge >= 0.3 is 0 Å². The Hall–Kier alpha value is -1.51. The minimum Gasteiger partial charge on any atom is -0.371 e. The summed E-state index contributed by atoms with van der Waals surface area (Å²) in [5, 5.41) is 0. The minimum atomic E-state index is 0.668. The quantitative estimate of drug-likeness (QED) is 0.719. The molecule has 1 amide bonds. The van der Waals surface area contributed by atoms with Crippen molar-refractivity contribution in [1.82, 2.24) is 4.90 Å². The molecule has 3 nitrogen and oxygen atoms in total. The third-order valence-electron chi connectivity index (χ3n) is 4.06. The lowest BCUT2D eigenvalue weighted by Crippen LogP contribution is -2.27. The van der Waals surface area contributed by atoms with Crippen LogP contribution < -0.4 is 4.90 Å². The number of fused-ring (bicyclic) bond motifs is 1. The van der Waals surface area contributed by atoms with Crippen LogP contribution in [0.1, 0.15) is 5.56 Å². The van der Waals surface area contributed by atoms with Gasteiger partial charge in [-0.1, -0.05) is 17.7 Å². The molecule has 2 fully saturated rings. The van der Waals surface area contributed by atoms with Gasteiger partial charge in [0.1, 0.15) is 0 Å². The summed E-state index contributed by atoms with van der Waals surface area (Å²) in [5.74, 6) is 1.34. The Balaban J connectivity index is 1.70. The van der Waals surface area contributed by atoms with Gasteiger partial charge in [-0.05, 0) is 19.1 Å². The van der Waals surface area contributed by atoms with Crippen LogP contribution in [0.25, 0.3) is 0 Å². The molecule has 0 saturated carbocycles. The predicted octanol–water partition coefficient (Wildman–Crippen LogP) is 1.52. The van der Waals surface area contributed by atoms with E-state index < -0.39 is 0 Å². The Morgan fingerprint density at radius 1 is 1.06 bits per heavy atom. The molecule has 2 aliphatic heterocycles. The van der Waals surface area contributed by atoms with Crippen LogP contribution in [0.15, 0.2) is 24.3 Å². The van der Waals surface area contributed by atoms with Gasteiger partial charge < -0.3 is 9.80 Å². The van der Waals surface area contributed by atoms with E-state index in [9.17, 15) is 4.79 Å². The van der Waals surface area contributed by atoms with Crippen LogP contribution in [0, 0.1) is 18.8 Å². The van der Waals surface area contributed by atoms with Gasteiger partial charge in [0.2, 0.25) is 6.41 Å². The summed E-state index contributed by atoms with van der Waals surface area (Å²) >= 11 is 0. The van der Waals surface area contributed by atoms with E-state index in [4.69, 9.17) is 0 Å². The van der Waals surface area contributed by atoms with Crippen molar-refractivity contribution in [2.75, 3.05) is 31.1 Å². The molecule has 90 valence electrons. The summed E-state index contributed by atoms with van der Waals surface area (Å²) in [5.41, 5.74) is 2.63. The summed E-state index contributed by atoms with van der Waals surface area (Å²) < 4.78 is 0. The van der Waals surface area contributed by atoms with Crippen molar-refractivity contribution in [1.29, 1.82) is 0 Å². The number of carbonyl (C=O) groups is 1. The summed E-state index contributed by atoms with van der Waals surface area (Å²) in [6.45, 7) is 6.19. The Morgan fingerprint density at radius 3 is 2.18 bits per heavy atom. The molecule has 2 saturated heterocycles. The fraction of sp³-hybridized carbons (Fsp3) is 0.500. The summed E-state index contributed by atoms with van der Waals surface area (Å²) in [6.07, 6.45) is 0.995. The lowest BCUT2D eigenvalue weighted by molar-refractivity contribution is -0.117. The highest BCUT2D eigenvalue weighted by molar-refractivity contribution is 5.51. The van der Waals surface area contributed by atoms with Gasteiger partial charge in [-0.25, -0.2) is 0 Å². The lowest BCUT2D eigenvalue weighted by atomic mass is 10.0. The molecule has 0 unspecified atom stereocenters. The topological polar surface area (TPSA) is 23.6 Å². The van der Waals surface area contributed by atoms with E-state index in [0.29, 0.717) is 11.8 Å². The van der Waals surface area contributed by atoms with E-state index >= 15 is 0 Å². The van der Waals surface area contributed by atoms with Crippen molar-refractivity contribution in [3.63, 3.8) is 0 Å². The van der Waals surface area contributed by atoms with Gasteiger partial charge in [0.15, 0.2) is 0 Å². The Labute approximate surface area is 102 Å². The Bertz CT molecular complexity index is 401. The highest BCUT2D eigenvalue weighted by atomic mass is 16.1. The highest BCUT2D eigenvalue weighted by Gasteiger charge is 2.39. The molecule has 1 aromatic rings. The fourth-order valence-electron chi connectivity index (χ4n) is 3.08. The van der Waals surface area contributed by atoms with E-state index in [-0.39, 0.29) is 0 Å². The molecule has 0 spiro atoms. The van der Waals surface area contributed by atoms with Crippen molar-refractivity contribution in [3.8, 4) is 0 Å². The van der Waals surface area contributed by atoms with Crippen molar-refractivity contribution >= 4 is 12.1 Å². The first kappa shape index (κ1) is 10.6. The average Bonchev–Trinajstić information content (AvgIpc) is 2.87. The van der Waals surface area contributed by atoms with Crippen molar-refractivity contribution in [2.45, 2.75) is 6.92 Å². The number of nitrogens with zero attached hydrogens (tertiary/aromatic N) is 2. The summed E-state index contributed by atoms with van der Waals surface area (Å²) in [6, 6.07) is 8.74. The zero-order chi connectivity index (χ0) is 11.8. The van der Waals surface area contributed by atoms with E-state index in [1.54, 1.807) is 0 Å². The maximum Gasteiger partial charge on any atom is 0.209 e. The van der Waals surface area contributed by atoms with Gasteiger partial charge in [-0.15, -0.1) is 0 Å². The van der Waals surface area contributed by atoms with E-state index in [1.807, 2.05) is 4.90 Å². The van der Waals surface area contributed by atoms with Crippen molar-refractivity contribution in [2.24, 2.45) is 11.8 Å². The monoisotopic (exact) mass is 230 g/mol. The molecule has 0 aliphatic carbocycles. The maximum absolute atomic E-state index is 10.7. The normalized spacial score (nSPS) is 27.4. The molecular weight excluding hydrogens is 212 g/mol. The number of amides is 1. The Morgan fingerprint density at radius 2 is 1.65 bits per heavy atom. The van der Waals surface area contributed by atoms with Crippen LogP contribution in [0.5, 0.6) is 0 Å². The SMILES string of the molecule is Cc1ccc(N2C[C@H]3CN(C=O)C[C@H]3C2)cc1. The maximum atomic E-state index is 10.7. The third-order valence-corrected chi connectivity index (χ3v) is 4.06. The second-order valence-corrected chi connectivity index (χ2v) is 5.32. The van der Waals surface area contributed by atoms with Gasteiger partial charge in [-0.2, -0.15) is 0 Å². The van der Waals surface area contributed by atoms with Gasteiger partial charge in [-0.3, -0.25) is 4.79 Å². The molecule has 2 atom stereocenters. The van der Waals surface area contributed by atoms with Crippen LogP contribution in [0.2, 0.25) is 0 Å². The van der Waals surface area contributed by atoms with E-state index in [2.05, 4.69) is 36.1 Å². The number of benzene rings is 1. The molecule has 3 heteroatoms. The standard InChI is InChI=1S/C14H18N2O/c1-11-2-4-14(5-3-11)16-8-12-6-15(10-17)7-13(12)9-16/h2-5,10,12-13H,6-9H2,1H3/t12-,13+. The molecule has 2 heterocycles. The number of anilines is 1. The number of hydrogen-bond acceptors (Lipinski definition) is 2. The van der Waals surface area contributed by atoms with Crippen molar-refractivity contribution < 1.29 is 4.79 Å². The van der Waals surface area contributed by atoms with Gasteiger partial charge in [0, 0.05) is 43.7 Å². The Kier molecular flexibility index (Phi) is 2.54. The number of hydrogen-bond donors (Lipinski definition) is 0. The molecule has 2 aliphatic rings. The predicted molar refractivity (Wildman–Crippen MR) is 68.0 cm³/mol. The van der Waals surface area contributed by atoms with Crippen LogP contribution in [-0.4, -0.2) is 37.5 Å². The van der Waals surface area contributed by atoms with Crippen LogP contribution in [0.4, 0.5) is 5.69 Å². The van der Waals surface area contributed by atoms with Gasteiger partial charge in [0.25, 0.3) is 0 Å². The smallest absolute Gasteiger partial charge is 0.209 e. The van der Waals surface area contributed by atoms with Crippen molar-refractivity contribution in [3.05, 3.63) is 29.8 Å². The number of rotatable bonds is 2. The second kappa shape index (κ2) is 4.06. The third kappa shape index (κ3) is 1.90. The highest BCUT2D eigenvalue weighted by Crippen LogP contribution is 2.33. The second-order valence-electron chi connectivity index (χ2n) is 5.32. The molecule has 0 N–H and O–H groups in total.